The summed E-state index contributed by atoms with van der Waals surface area (Å²) < 4.78 is 1.91. The van der Waals surface area contributed by atoms with E-state index in [2.05, 4.69) is 38.6 Å². The van der Waals surface area contributed by atoms with E-state index >= 15 is 0 Å². The van der Waals surface area contributed by atoms with Crippen LogP contribution < -0.4 is 5.32 Å². The number of aromatic amines is 1. The molecule has 5 heteroatoms. The lowest BCUT2D eigenvalue weighted by Crippen LogP contribution is -2.02. The molecule has 0 aliphatic carbocycles. The Bertz CT molecular complexity index is 613. The van der Waals surface area contributed by atoms with E-state index in [9.17, 15) is 0 Å². The molecule has 1 aromatic carbocycles. The van der Waals surface area contributed by atoms with Crippen molar-refractivity contribution in [2.45, 2.75) is 13.1 Å². The molecular formula is C14H15N5. The van der Waals surface area contributed by atoms with Crippen molar-refractivity contribution in [2.75, 3.05) is 5.32 Å². The van der Waals surface area contributed by atoms with Crippen LogP contribution in [0.4, 0.5) is 5.69 Å². The third kappa shape index (κ3) is 3.01. The van der Waals surface area contributed by atoms with Gasteiger partial charge >= 0.3 is 0 Å². The first-order valence-electron chi connectivity index (χ1n) is 6.18. The molecule has 0 saturated carbocycles. The molecule has 0 amide bonds. The molecule has 96 valence electrons. The highest BCUT2D eigenvalue weighted by Gasteiger charge is 1.98. The predicted octanol–water partition coefficient (Wildman–Crippen LogP) is 2.27. The Morgan fingerprint density at radius 3 is 3.05 bits per heavy atom. The monoisotopic (exact) mass is 253 g/mol. The lowest BCUT2D eigenvalue weighted by molar-refractivity contribution is 0.687. The Kier molecular flexibility index (Phi) is 3.27. The molecule has 5 nitrogen and oxygen atoms in total. The third-order valence-electron chi connectivity index (χ3n) is 2.87. The van der Waals surface area contributed by atoms with Gasteiger partial charge in [-0.1, -0.05) is 12.1 Å². The van der Waals surface area contributed by atoms with E-state index in [4.69, 9.17) is 0 Å². The fourth-order valence-corrected chi connectivity index (χ4v) is 1.94. The molecular weight excluding hydrogens is 238 g/mol. The first kappa shape index (κ1) is 11.5. The van der Waals surface area contributed by atoms with Gasteiger partial charge in [0.1, 0.15) is 0 Å². The van der Waals surface area contributed by atoms with Gasteiger partial charge in [0, 0.05) is 24.3 Å². The Morgan fingerprint density at radius 1 is 1.26 bits per heavy atom. The molecule has 0 bridgehead atoms. The molecule has 0 saturated heterocycles. The maximum absolute atomic E-state index is 4.21. The molecule has 0 aliphatic rings. The molecule has 3 aromatic rings. The van der Waals surface area contributed by atoms with E-state index in [1.807, 2.05) is 29.2 Å². The topological polar surface area (TPSA) is 58.5 Å². The fraction of sp³-hybridized carbons (Fsp3) is 0.143. The molecule has 0 aliphatic heterocycles. The van der Waals surface area contributed by atoms with Gasteiger partial charge in [0.2, 0.25) is 0 Å². The minimum absolute atomic E-state index is 0.741. The van der Waals surface area contributed by atoms with Gasteiger partial charge in [0.25, 0.3) is 0 Å². The quantitative estimate of drug-likeness (QED) is 0.733. The van der Waals surface area contributed by atoms with E-state index in [0.29, 0.717) is 0 Å². The number of H-pyrrole nitrogens is 1. The van der Waals surface area contributed by atoms with Crippen molar-refractivity contribution in [1.82, 2.24) is 19.7 Å². The summed E-state index contributed by atoms with van der Waals surface area (Å²) in [5, 5.41) is 7.58. The van der Waals surface area contributed by atoms with Crippen LogP contribution >= 0.6 is 0 Å². The summed E-state index contributed by atoms with van der Waals surface area (Å²) in [6, 6.07) is 10.3. The van der Waals surface area contributed by atoms with Gasteiger partial charge in [0.05, 0.1) is 25.1 Å². The van der Waals surface area contributed by atoms with Gasteiger partial charge < -0.3 is 10.3 Å². The Labute approximate surface area is 111 Å². The number of rotatable bonds is 5. The van der Waals surface area contributed by atoms with Crippen LogP contribution in [-0.4, -0.2) is 19.7 Å². The van der Waals surface area contributed by atoms with Gasteiger partial charge in [-0.2, -0.15) is 5.10 Å². The second kappa shape index (κ2) is 5.39. The molecule has 0 fully saturated rings. The summed E-state index contributed by atoms with van der Waals surface area (Å²) in [6.45, 7) is 1.53. The van der Waals surface area contributed by atoms with Crippen LogP contribution in [0.15, 0.2) is 55.2 Å². The molecule has 0 radical (unpaired) electrons. The first-order chi connectivity index (χ1) is 9.40. The maximum atomic E-state index is 4.21. The highest BCUT2D eigenvalue weighted by molar-refractivity contribution is 5.45. The van der Waals surface area contributed by atoms with Crippen molar-refractivity contribution >= 4 is 5.69 Å². The van der Waals surface area contributed by atoms with Crippen LogP contribution in [0, 0.1) is 0 Å². The summed E-state index contributed by atoms with van der Waals surface area (Å²) >= 11 is 0. The molecule has 19 heavy (non-hydrogen) atoms. The van der Waals surface area contributed by atoms with Crippen LogP contribution in [-0.2, 0) is 13.1 Å². The second-order valence-electron chi connectivity index (χ2n) is 4.33. The van der Waals surface area contributed by atoms with Crippen molar-refractivity contribution in [2.24, 2.45) is 0 Å². The van der Waals surface area contributed by atoms with Gasteiger partial charge in [-0.25, -0.2) is 4.98 Å². The lowest BCUT2D eigenvalue weighted by atomic mass is 10.2. The zero-order valence-electron chi connectivity index (χ0n) is 10.5. The molecule has 2 N–H and O–H groups in total. The van der Waals surface area contributed by atoms with Crippen LogP contribution in [0.5, 0.6) is 0 Å². The average Bonchev–Trinajstić information content (AvgIpc) is 3.10. The number of aromatic nitrogens is 4. The molecule has 3 rings (SSSR count). The average molecular weight is 253 g/mol. The van der Waals surface area contributed by atoms with E-state index in [-0.39, 0.29) is 0 Å². The minimum Gasteiger partial charge on any atom is -0.379 e. The molecule has 2 heterocycles. The SMILES string of the molecule is c1cc(Cn2cccn2)cc(NCc2cnc[nH]2)c1. The van der Waals surface area contributed by atoms with Crippen LogP contribution in [0.25, 0.3) is 0 Å². The van der Waals surface area contributed by atoms with E-state index in [1.54, 1.807) is 12.5 Å². The number of hydrogen-bond acceptors (Lipinski definition) is 3. The first-order valence-corrected chi connectivity index (χ1v) is 6.18. The Hall–Kier alpha value is -2.56. The molecule has 0 unspecified atom stereocenters. The van der Waals surface area contributed by atoms with Crippen molar-refractivity contribution < 1.29 is 0 Å². The van der Waals surface area contributed by atoms with Crippen molar-refractivity contribution in [1.29, 1.82) is 0 Å². The summed E-state index contributed by atoms with van der Waals surface area (Å²) in [5.74, 6) is 0. The number of anilines is 1. The lowest BCUT2D eigenvalue weighted by Gasteiger charge is -2.07. The van der Waals surface area contributed by atoms with Crippen molar-refractivity contribution in [3.05, 3.63) is 66.5 Å². The molecule has 2 aromatic heterocycles. The fourth-order valence-electron chi connectivity index (χ4n) is 1.94. The highest BCUT2D eigenvalue weighted by atomic mass is 15.3. The van der Waals surface area contributed by atoms with Gasteiger partial charge in [-0.3, -0.25) is 4.68 Å². The molecule has 0 atom stereocenters. The minimum atomic E-state index is 0.741. The van der Waals surface area contributed by atoms with Crippen LogP contribution in [0.3, 0.4) is 0 Å². The third-order valence-corrected chi connectivity index (χ3v) is 2.87. The summed E-state index contributed by atoms with van der Waals surface area (Å²) in [5.41, 5.74) is 3.38. The smallest absolute Gasteiger partial charge is 0.0922 e. The number of nitrogens with one attached hydrogen (secondary N) is 2. The zero-order chi connectivity index (χ0) is 12.9. The Morgan fingerprint density at radius 2 is 2.26 bits per heavy atom. The summed E-state index contributed by atoms with van der Waals surface area (Å²) in [6.07, 6.45) is 7.26. The predicted molar refractivity (Wildman–Crippen MR) is 73.7 cm³/mol. The van der Waals surface area contributed by atoms with E-state index < -0.39 is 0 Å². The van der Waals surface area contributed by atoms with Gasteiger partial charge in [-0.05, 0) is 23.8 Å². The van der Waals surface area contributed by atoms with E-state index in [1.165, 1.54) is 5.56 Å². The molecule has 0 spiro atoms. The zero-order valence-corrected chi connectivity index (χ0v) is 10.5. The highest BCUT2D eigenvalue weighted by Crippen LogP contribution is 2.12. The van der Waals surface area contributed by atoms with Crippen LogP contribution in [0.1, 0.15) is 11.3 Å². The largest absolute Gasteiger partial charge is 0.379 e. The number of nitrogens with zero attached hydrogens (tertiary/aromatic N) is 3. The standard InChI is InChI=1S/C14H15N5/c1-3-12(10-19-6-2-5-18-19)7-13(4-1)16-9-14-8-15-11-17-14/h1-8,11,16H,9-10H2,(H,15,17). The number of hydrogen-bond donors (Lipinski definition) is 2. The van der Waals surface area contributed by atoms with E-state index in [0.717, 1.165) is 24.5 Å². The van der Waals surface area contributed by atoms with Crippen molar-refractivity contribution in [3.63, 3.8) is 0 Å². The second-order valence-corrected chi connectivity index (χ2v) is 4.33. The van der Waals surface area contributed by atoms with Crippen molar-refractivity contribution in [3.8, 4) is 0 Å². The normalized spacial score (nSPS) is 10.5. The number of benzene rings is 1. The van der Waals surface area contributed by atoms with Gasteiger partial charge in [0.15, 0.2) is 0 Å². The maximum Gasteiger partial charge on any atom is 0.0922 e. The summed E-state index contributed by atoms with van der Waals surface area (Å²) in [4.78, 5) is 7.07. The van der Waals surface area contributed by atoms with Crippen LogP contribution in [0.2, 0.25) is 0 Å². The van der Waals surface area contributed by atoms with Gasteiger partial charge in [-0.15, -0.1) is 0 Å². The summed E-state index contributed by atoms with van der Waals surface area (Å²) in [7, 11) is 0. The number of imidazole rings is 1. The Balaban J connectivity index is 1.66.